The molecule has 1 aliphatic heterocycles. The third-order valence-corrected chi connectivity index (χ3v) is 5.45. The van der Waals surface area contributed by atoms with E-state index in [4.69, 9.17) is 0 Å². The molecule has 19 heavy (non-hydrogen) atoms. The number of nitrogens with one attached hydrogen (secondary N) is 2. The summed E-state index contributed by atoms with van der Waals surface area (Å²) in [6.45, 7) is 0. The lowest BCUT2D eigenvalue weighted by atomic mass is 10.1. The molecule has 0 radical (unpaired) electrons. The van der Waals surface area contributed by atoms with E-state index in [1.165, 1.54) is 29.6 Å². The third kappa shape index (κ3) is 2.40. The Balaban J connectivity index is 1.97. The highest BCUT2D eigenvalue weighted by molar-refractivity contribution is 9.10. The second-order valence-electron chi connectivity index (χ2n) is 3.89. The van der Waals surface area contributed by atoms with Gasteiger partial charge in [0.15, 0.2) is 4.34 Å². The minimum absolute atomic E-state index is 0.0255. The summed E-state index contributed by atoms with van der Waals surface area (Å²) in [5, 5.41) is 5.88. The number of hydrogen-bond donors (Lipinski definition) is 2. The number of carbonyl (C=O) groups is 1. The zero-order chi connectivity index (χ0) is 13.4. The number of halogens is 1. The van der Waals surface area contributed by atoms with Gasteiger partial charge in [0.05, 0.1) is 0 Å². The van der Waals surface area contributed by atoms with E-state index in [9.17, 15) is 4.79 Å². The Kier molecular flexibility index (Phi) is 3.57. The highest BCUT2D eigenvalue weighted by Gasteiger charge is 2.30. The number of aromatic nitrogens is 2. The molecule has 0 bridgehead atoms. The number of amides is 1. The zero-order valence-corrected chi connectivity index (χ0v) is 13.0. The standard InChI is InChI=1S/C11H9BrN4OS2/c1-13-9-5-2-6(12)8(3-7(5)16-10(9)17)18-11-14-4-15-19-11/h2-4,9,13H,1H3,(H,16,17). The summed E-state index contributed by atoms with van der Waals surface area (Å²) in [4.78, 5) is 16.9. The normalized spacial score (nSPS) is 17.4. The lowest BCUT2D eigenvalue weighted by molar-refractivity contribution is -0.117. The van der Waals surface area contributed by atoms with E-state index in [0.717, 1.165) is 25.0 Å². The number of likely N-dealkylation sites (N-methyl/N-ethyl adjacent to an activating group) is 1. The summed E-state index contributed by atoms with van der Waals surface area (Å²) in [5.74, 6) is -0.0255. The Hall–Kier alpha value is -0.960. The molecule has 5 nitrogen and oxygen atoms in total. The predicted molar refractivity (Wildman–Crippen MR) is 78.6 cm³/mol. The molecule has 1 aromatic heterocycles. The topological polar surface area (TPSA) is 66.9 Å². The van der Waals surface area contributed by atoms with E-state index in [1.54, 1.807) is 7.05 Å². The van der Waals surface area contributed by atoms with E-state index < -0.39 is 0 Å². The van der Waals surface area contributed by atoms with Crippen LogP contribution < -0.4 is 10.6 Å². The molecule has 1 aliphatic rings. The fraction of sp³-hybridized carbons (Fsp3) is 0.182. The number of rotatable bonds is 3. The summed E-state index contributed by atoms with van der Waals surface area (Å²) < 4.78 is 5.79. The van der Waals surface area contributed by atoms with Crippen molar-refractivity contribution in [1.82, 2.24) is 14.7 Å². The number of anilines is 1. The second kappa shape index (κ2) is 5.20. The average Bonchev–Trinajstić information content (AvgIpc) is 2.97. The first-order valence-corrected chi connectivity index (χ1v) is 7.83. The molecule has 1 atom stereocenters. The van der Waals surface area contributed by atoms with Crippen molar-refractivity contribution in [2.75, 3.05) is 12.4 Å². The summed E-state index contributed by atoms with van der Waals surface area (Å²) >= 11 is 6.41. The van der Waals surface area contributed by atoms with Gasteiger partial charge >= 0.3 is 0 Å². The van der Waals surface area contributed by atoms with Crippen molar-refractivity contribution in [3.63, 3.8) is 0 Å². The highest BCUT2D eigenvalue weighted by atomic mass is 79.9. The third-order valence-electron chi connectivity index (χ3n) is 2.76. The molecule has 0 saturated heterocycles. The fourth-order valence-electron chi connectivity index (χ4n) is 1.93. The Bertz CT molecular complexity index is 632. The van der Waals surface area contributed by atoms with Crippen LogP contribution in [0.4, 0.5) is 5.69 Å². The average molecular weight is 357 g/mol. The van der Waals surface area contributed by atoms with Gasteiger partial charge in [0.25, 0.3) is 0 Å². The summed E-state index contributed by atoms with van der Waals surface area (Å²) in [6.07, 6.45) is 1.53. The molecule has 0 aliphatic carbocycles. The first kappa shape index (κ1) is 13.0. The molecule has 0 fully saturated rings. The van der Waals surface area contributed by atoms with Gasteiger partial charge in [-0.3, -0.25) is 4.79 Å². The number of carbonyl (C=O) groups excluding carboxylic acids is 1. The van der Waals surface area contributed by atoms with Gasteiger partial charge in [0.1, 0.15) is 12.4 Å². The monoisotopic (exact) mass is 356 g/mol. The molecule has 3 rings (SSSR count). The zero-order valence-electron chi connectivity index (χ0n) is 9.81. The van der Waals surface area contributed by atoms with Crippen molar-refractivity contribution < 1.29 is 4.79 Å². The Morgan fingerprint density at radius 3 is 3.05 bits per heavy atom. The van der Waals surface area contributed by atoms with Crippen molar-refractivity contribution >= 4 is 50.8 Å². The Morgan fingerprint density at radius 1 is 1.53 bits per heavy atom. The molecule has 2 N–H and O–H groups in total. The van der Waals surface area contributed by atoms with Gasteiger partial charge in [-0.2, -0.15) is 4.37 Å². The fourth-order valence-corrected chi connectivity index (χ4v) is 3.98. The van der Waals surface area contributed by atoms with Crippen molar-refractivity contribution in [1.29, 1.82) is 0 Å². The lowest BCUT2D eigenvalue weighted by Gasteiger charge is -2.09. The lowest BCUT2D eigenvalue weighted by Crippen LogP contribution is -2.23. The predicted octanol–water partition coefficient (Wildman–Crippen LogP) is 2.66. The molecule has 0 saturated carbocycles. The summed E-state index contributed by atoms with van der Waals surface area (Å²) in [5.41, 5.74) is 1.81. The first-order valence-electron chi connectivity index (χ1n) is 5.45. The van der Waals surface area contributed by atoms with Gasteiger partial charge in [-0.15, -0.1) is 0 Å². The van der Waals surface area contributed by atoms with E-state index >= 15 is 0 Å². The van der Waals surface area contributed by atoms with Gasteiger partial charge in [-0.1, -0.05) is 11.8 Å². The van der Waals surface area contributed by atoms with Crippen LogP contribution in [0.1, 0.15) is 11.6 Å². The van der Waals surface area contributed by atoms with Crippen LogP contribution in [0.15, 0.2) is 32.2 Å². The number of fused-ring (bicyclic) bond motifs is 1. The smallest absolute Gasteiger partial charge is 0.246 e. The molecule has 1 unspecified atom stereocenters. The molecule has 8 heteroatoms. The van der Waals surface area contributed by atoms with Crippen LogP contribution >= 0.6 is 39.2 Å². The number of benzene rings is 1. The van der Waals surface area contributed by atoms with E-state index in [2.05, 4.69) is 35.9 Å². The molecule has 2 heterocycles. The van der Waals surface area contributed by atoms with E-state index in [0.29, 0.717) is 0 Å². The minimum atomic E-state index is -0.285. The van der Waals surface area contributed by atoms with Crippen LogP contribution in [-0.2, 0) is 4.79 Å². The van der Waals surface area contributed by atoms with Crippen molar-refractivity contribution in [3.05, 3.63) is 28.5 Å². The minimum Gasteiger partial charge on any atom is -0.324 e. The number of hydrogen-bond acceptors (Lipinski definition) is 6. The Morgan fingerprint density at radius 2 is 2.37 bits per heavy atom. The summed E-state index contributed by atoms with van der Waals surface area (Å²) in [7, 11) is 1.77. The largest absolute Gasteiger partial charge is 0.324 e. The van der Waals surface area contributed by atoms with Crippen LogP contribution in [0.25, 0.3) is 0 Å². The second-order valence-corrected chi connectivity index (χ2v) is 6.81. The number of nitrogens with zero attached hydrogens (tertiary/aromatic N) is 2. The molecular weight excluding hydrogens is 348 g/mol. The molecule has 1 aromatic carbocycles. The summed E-state index contributed by atoms with van der Waals surface area (Å²) in [6, 6.07) is 3.64. The quantitative estimate of drug-likeness (QED) is 0.884. The van der Waals surface area contributed by atoms with Crippen LogP contribution in [0.2, 0.25) is 0 Å². The highest BCUT2D eigenvalue weighted by Crippen LogP contribution is 2.41. The molecule has 1 amide bonds. The van der Waals surface area contributed by atoms with E-state index in [-0.39, 0.29) is 11.9 Å². The maximum Gasteiger partial charge on any atom is 0.246 e. The van der Waals surface area contributed by atoms with Crippen molar-refractivity contribution in [2.24, 2.45) is 0 Å². The SMILES string of the molecule is CNC1C(=O)Nc2cc(Sc3ncns3)c(Br)cc21. The molecule has 2 aromatic rings. The molecular formula is C11H9BrN4OS2. The van der Waals surface area contributed by atoms with Gasteiger partial charge in [0.2, 0.25) is 5.91 Å². The Labute approximate surface area is 126 Å². The van der Waals surface area contributed by atoms with Crippen LogP contribution in [0.3, 0.4) is 0 Å². The van der Waals surface area contributed by atoms with Crippen molar-refractivity contribution in [3.8, 4) is 0 Å². The first-order chi connectivity index (χ1) is 9.19. The van der Waals surface area contributed by atoms with Crippen LogP contribution in [0.5, 0.6) is 0 Å². The van der Waals surface area contributed by atoms with Crippen LogP contribution in [0, 0.1) is 0 Å². The molecule has 0 spiro atoms. The molecule has 98 valence electrons. The maximum atomic E-state index is 11.8. The van der Waals surface area contributed by atoms with Gasteiger partial charge in [-0.05, 0) is 46.6 Å². The van der Waals surface area contributed by atoms with E-state index in [1.807, 2.05) is 12.1 Å². The van der Waals surface area contributed by atoms with Crippen molar-refractivity contribution in [2.45, 2.75) is 15.3 Å². The van der Waals surface area contributed by atoms with Gasteiger partial charge in [0, 0.05) is 20.6 Å². The van der Waals surface area contributed by atoms with Crippen LogP contribution in [-0.4, -0.2) is 22.3 Å². The van der Waals surface area contributed by atoms with Gasteiger partial charge < -0.3 is 10.6 Å². The van der Waals surface area contributed by atoms with Gasteiger partial charge in [-0.25, -0.2) is 4.98 Å². The maximum absolute atomic E-state index is 11.8.